The van der Waals surface area contributed by atoms with Gasteiger partial charge in [0.1, 0.15) is 0 Å². The molecule has 0 radical (unpaired) electrons. The van der Waals surface area contributed by atoms with Gasteiger partial charge in [-0.2, -0.15) is 0 Å². The second kappa shape index (κ2) is 8.82. The van der Waals surface area contributed by atoms with Crippen molar-refractivity contribution >= 4 is 0 Å². The van der Waals surface area contributed by atoms with Crippen LogP contribution >= 0.6 is 0 Å². The predicted molar refractivity (Wildman–Crippen MR) is 81.4 cm³/mol. The molecule has 4 nitrogen and oxygen atoms in total. The molecule has 4 heteroatoms. The molecule has 0 unspecified atom stereocenters. The number of hydrogen-bond donors (Lipinski definition) is 1. The van der Waals surface area contributed by atoms with Gasteiger partial charge in [0.05, 0.1) is 20.3 Å². The third-order valence-electron chi connectivity index (χ3n) is 3.36. The average molecular weight is 281 g/mol. The van der Waals surface area contributed by atoms with Crippen LogP contribution in [-0.4, -0.2) is 43.4 Å². The minimum atomic E-state index is -0.279. The first-order valence-electron chi connectivity index (χ1n) is 7.26. The lowest BCUT2D eigenvalue weighted by molar-refractivity contribution is 0.105. The van der Waals surface area contributed by atoms with Crippen LogP contribution in [0.2, 0.25) is 0 Å². The monoisotopic (exact) mass is 281 g/mol. The number of aliphatic hydroxyl groups is 1. The van der Waals surface area contributed by atoms with Crippen molar-refractivity contribution in [3.05, 3.63) is 23.8 Å². The molecule has 0 aliphatic rings. The molecule has 1 aromatic rings. The SMILES string of the molecule is CCCN(Cc1cccc(OC)c1OC)C[C@@H](O)CC. The topological polar surface area (TPSA) is 41.9 Å². The van der Waals surface area contributed by atoms with E-state index in [1.54, 1.807) is 14.2 Å². The lowest BCUT2D eigenvalue weighted by atomic mass is 10.1. The standard InChI is InChI=1S/C16H27NO3/c1-5-10-17(12-14(18)6-2)11-13-8-7-9-15(19-3)16(13)20-4/h7-9,14,18H,5-6,10-12H2,1-4H3/t14-/m0/s1. The fourth-order valence-electron chi connectivity index (χ4n) is 2.30. The summed E-state index contributed by atoms with van der Waals surface area (Å²) in [6, 6.07) is 5.91. The van der Waals surface area contributed by atoms with Crippen LogP contribution in [0.15, 0.2) is 18.2 Å². The Morgan fingerprint density at radius 1 is 1.20 bits per heavy atom. The Labute approximate surface area is 122 Å². The average Bonchev–Trinajstić information content (AvgIpc) is 2.46. The van der Waals surface area contributed by atoms with Gasteiger partial charge in [-0.1, -0.05) is 26.0 Å². The van der Waals surface area contributed by atoms with Crippen molar-refractivity contribution in [3.8, 4) is 11.5 Å². The highest BCUT2D eigenvalue weighted by Crippen LogP contribution is 2.31. The van der Waals surface area contributed by atoms with Crippen molar-refractivity contribution in [1.82, 2.24) is 4.90 Å². The molecule has 0 spiro atoms. The summed E-state index contributed by atoms with van der Waals surface area (Å²) in [7, 11) is 3.30. The summed E-state index contributed by atoms with van der Waals surface area (Å²) in [4.78, 5) is 2.26. The summed E-state index contributed by atoms with van der Waals surface area (Å²) in [5, 5.41) is 9.86. The van der Waals surface area contributed by atoms with Gasteiger partial charge in [0.15, 0.2) is 11.5 Å². The van der Waals surface area contributed by atoms with Crippen molar-refractivity contribution < 1.29 is 14.6 Å². The second-order valence-corrected chi connectivity index (χ2v) is 4.95. The van der Waals surface area contributed by atoms with Crippen LogP contribution < -0.4 is 9.47 Å². The van der Waals surface area contributed by atoms with Crippen LogP contribution in [-0.2, 0) is 6.54 Å². The van der Waals surface area contributed by atoms with E-state index in [-0.39, 0.29) is 6.10 Å². The summed E-state index contributed by atoms with van der Waals surface area (Å²) < 4.78 is 10.8. The molecular formula is C16H27NO3. The molecule has 1 N–H and O–H groups in total. The fourth-order valence-corrected chi connectivity index (χ4v) is 2.30. The summed E-state index contributed by atoms with van der Waals surface area (Å²) in [5.74, 6) is 1.53. The molecule has 0 saturated heterocycles. The second-order valence-electron chi connectivity index (χ2n) is 4.95. The summed E-state index contributed by atoms with van der Waals surface area (Å²) in [6.45, 7) is 6.54. The van der Waals surface area contributed by atoms with Crippen LogP contribution in [0.1, 0.15) is 32.3 Å². The van der Waals surface area contributed by atoms with E-state index in [9.17, 15) is 5.11 Å². The Morgan fingerprint density at radius 3 is 2.50 bits per heavy atom. The lowest BCUT2D eigenvalue weighted by Gasteiger charge is -2.25. The molecule has 1 atom stereocenters. The van der Waals surface area contributed by atoms with Gasteiger partial charge in [0.2, 0.25) is 0 Å². The minimum absolute atomic E-state index is 0.279. The zero-order chi connectivity index (χ0) is 15.0. The van der Waals surface area contributed by atoms with Crippen molar-refractivity contribution in [1.29, 1.82) is 0 Å². The molecule has 0 fully saturated rings. The van der Waals surface area contributed by atoms with Gasteiger partial charge in [0, 0.05) is 18.7 Å². The summed E-state index contributed by atoms with van der Waals surface area (Å²) >= 11 is 0. The van der Waals surface area contributed by atoms with Gasteiger partial charge >= 0.3 is 0 Å². The molecule has 0 bridgehead atoms. The maximum Gasteiger partial charge on any atom is 0.165 e. The quantitative estimate of drug-likeness (QED) is 0.755. The van der Waals surface area contributed by atoms with Crippen molar-refractivity contribution in [3.63, 3.8) is 0 Å². The van der Waals surface area contributed by atoms with Gasteiger partial charge in [-0.15, -0.1) is 0 Å². The number of nitrogens with zero attached hydrogens (tertiary/aromatic N) is 1. The number of rotatable bonds is 9. The molecule has 0 saturated carbocycles. The molecule has 0 heterocycles. The zero-order valence-electron chi connectivity index (χ0n) is 13.1. The van der Waals surface area contributed by atoms with Crippen LogP contribution in [0.25, 0.3) is 0 Å². The molecule has 0 aromatic heterocycles. The van der Waals surface area contributed by atoms with Crippen LogP contribution in [0.5, 0.6) is 11.5 Å². The summed E-state index contributed by atoms with van der Waals surface area (Å²) in [6.07, 6.45) is 1.55. The van der Waals surface area contributed by atoms with Crippen LogP contribution in [0.3, 0.4) is 0 Å². The highest BCUT2D eigenvalue weighted by atomic mass is 16.5. The predicted octanol–water partition coefficient (Wildman–Crippen LogP) is 2.69. The summed E-state index contributed by atoms with van der Waals surface area (Å²) in [5.41, 5.74) is 1.09. The first-order valence-corrected chi connectivity index (χ1v) is 7.26. The van der Waals surface area contributed by atoms with Crippen LogP contribution in [0, 0.1) is 0 Å². The molecule has 1 rings (SSSR count). The highest BCUT2D eigenvalue weighted by molar-refractivity contribution is 5.46. The van der Waals surface area contributed by atoms with Gasteiger partial charge in [-0.3, -0.25) is 4.90 Å². The van der Waals surface area contributed by atoms with Crippen molar-refractivity contribution in [2.75, 3.05) is 27.3 Å². The zero-order valence-corrected chi connectivity index (χ0v) is 13.1. The van der Waals surface area contributed by atoms with E-state index in [0.717, 1.165) is 43.0 Å². The maximum atomic E-state index is 9.86. The Balaban J connectivity index is 2.87. The van der Waals surface area contributed by atoms with Gasteiger partial charge < -0.3 is 14.6 Å². The number of aliphatic hydroxyl groups excluding tert-OH is 1. The Hall–Kier alpha value is -1.26. The fraction of sp³-hybridized carbons (Fsp3) is 0.625. The van der Waals surface area contributed by atoms with Gasteiger partial charge in [0.25, 0.3) is 0 Å². The molecule has 114 valence electrons. The van der Waals surface area contributed by atoms with Crippen molar-refractivity contribution in [2.45, 2.75) is 39.3 Å². The van der Waals surface area contributed by atoms with E-state index < -0.39 is 0 Å². The van der Waals surface area contributed by atoms with E-state index >= 15 is 0 Å². The molecule has 20 heavy (non-hydrogen) atoms. The molecule has 0 amide bonds. The number of para-hydroxylation sites is 1. The van der Waals surface area contributed by atoms with E-state index in [0.29, 0.717) is 6.54 Å². The number of hydrogen-bond acceptors (Lipinski definition) is 4. The smallest absolute Gasteiger partial charge is 0.165 e. The minimum Gasteiger partial charge on any atom is -0.493 e. The normalized spacial score (nSPS) is 12.5. The Bertz CT molecular complexity index is 395. The number of methoxy groups -OCH3 is 2. The molecule has 0 aliphatic carbocycles. The number of benzene rings is 1. The van der Waals surface area contributed by atoms with E-state index in [1.807, 2.05) is 25.1 Å². The van der Waals surface area contributed by atoms with Gasteiger partial charge in [-0.25, -0.2) is 0 Å². The lowest BCUT2D eigenvalue weighted by Crippen LogP contribution is -2.32. The number of ether oxygens (including phenoxy) is 2. The molecule has 0 aliphatic heterocycles. The van der Waals surface area contributed by atoms with E-state index in [2.05, 4.69) is 11.8 Å². The van der Waals surface area contributed by atoms with Gasteiger partial charge in [-0.05, 0) is 25.5 Å². The maximum absolute atomic E-state index is 9.86. The van der Waals surface area contributed by atoms with Crippen LogP contribution in [0.4, 0.5) is 0 Å². The molecular weight excluding hydrogens is 254 g/mol. The first-order chi connectivity index (χ1) is 9.65. The molecule has 1 aromatic carbocycles. The van der Waals surface area contributed by atoms with E-state index in [4.69, 9.17) is 9.47 Å². The highest BCUT2D eigenvalue weighted by Gasteiger charge is 2.15. The largest absolute Gasteiger partial charge is 0.493 e. The first kappa shape index (κ1) is 16.8. The van der Waals surface area contributed by atoms with Crippen molar-refractivity contribution in [2.24, 2.45) is 0 Å². The van der Waals surface area contributed by atoms with E-state index in [1.165, 1.54) is 0 Å². The third kappa shape index (κ3) is 4.69. The Kier molecular flexibility index (Phi) is 7.41. The third-order valence-corrected chi connectivity index (χ3v) is 3.36. The Morgan fingerprint density at radius 2 is 1.95 bits per heavy atom.